The van der Waals surface area contributed by atoms with Gasteiger partial charge in [-0.1, -0.05) is 57.2 Å². The Kier molecular flexibility index (Phi) is 6.77. The molecule has 6 heteroatoms. The molecule has 0 spiro atoms. The van der Waals surface area contributed by atoms with Crippen LogP contribution in [0.25, 0.3) is 0 Å². The quantitative estimate of drug-likeness (QED) is 0.554. The summed E-state index contributed by atoms with van der Waals surface area (Å²) in [6, 6.07) is 19.4. The monoisotopic (exact) mass is 460 g/mol. The maximum absolute atomic E-state index is 13.4. The summed E-state index contributed by atoms with van der Waals surface area (Å²) in [6.07, 6.45) is 0.800. The summed E-state index contributed by atoms with van der Waals surface area (Å²) in [4.78, 5) is 27.3. The van der Waals surface area contributed by atoms with Crippen molar-refractivity contribution in [1.29, 1.82) is 0 Å². The summed E-state index contributed by atoms with van der Waals surface area (Å²) < 4.78 is 11.6. The Balaban J connectivity index is 1.60. The highest BCUT2D eigenvalue weighted by atomic mass is 16.5. The van der Waals surface area contributed by atoms with Crippen LogP contribution in [-0.2, 0) is 17.8 Å². The van der Waals surface area contributed by atoms with Gasteiger partial charge in [0.2, 0.25) is 5.91 Å². The lowest BCUT2D eigenvalue weighted by atomic mass is 9.85. The fourth-order valence-corrected chi connectivity index (χ4v) is 4.31. The molecule has 2 aromatic carbocycles. The topological polar surface area (TPSA) is 71.8 Å². The molecule has 2 heterocycles. The molecule has 1 aliphatic rings. The minimum atomic E-state index is -0.473. The minimum absolute atomic E-state index is 0.131. The first-order valence-corrected chi connectivity index (χ1v) is 11.8. The minimum Gasteiger partial charge on any atom is -0.486 e. The fourth-order valence-electron chi connectivity index (χ4n) is 4.31. The molecule has 1 atom stereocenters. The normalized spacial score (nSPS) is 15.5. The van der Waals surface area contributed by atoms with Gasteiger partial charge in [0.15, 0.2) is 5.76 Å². The largest absolute Gasteiger partial charge is 0.486 e. The molecule has 34 heavy (non-hydrogen) atoms. The number of amides is 2. The number of carbonyl (C=O) groups is 2. The van der Waals surface area contributed by atoms with E-state index in [0.29, 0.717) is 24.6 Å². The first kappa shape index (κ1) is 23.6. The lowest BCUT2D eigenvalue weighted by molar-refractivity contribution is -0.141. The van der Waals surface area contributed by atoms with Crippen LogP contribution in [0.4, 0.5) is 0 Å². The lowest BCUT2D eigenvalue weighted by Gasteiger charge is -2.41. The predicted molar refractivity (Wildman–Crippen MR) is 131 cm³/mol. The number of benzene rings is 2. The standard InChI is InChI=1S/C28H32N2O4/c1-5-29-26(31)24-14-13-22(34-24)18-33-21-12-11-19-15-16-30(27(32)28(2,3)4)25(23(19)17-21)20-9-7-6-8-10-20/h6-14,17,25H,5,15-16,18H2,1-4H3,(H,29,31)/t25-/m0/s1. The van der Waals surface area contributed by atoms with Gasteiger partial charge in [-0.15, -0.1) is 0 Å². The Morgan fingerprint density at radius 2 is 1.85 bits per heavy atom. The van der Waals surface area contributed by atoms with E-state index in [2.05, 4.69) is 23.5 Å². The van der Waals surface area contributed by atoms with Gasteiger partial charge in [0.1, 0.15) is 18.1 Å². The van der Waals surface area contributed by atoms with Crippen molar-refractivity contribution < 1.29 is 18.7 Å². The summed E-state index contributed by atoms with van der Waals surface area (Å²) in [5.74, 6) is 1.43. The average Bonchev–Trinajstić information content (AvgIpc) is 3.31. The highest BCUT2D eigenvalue weighted by Gasteiger charge is 2.37. The van der Waals surface area contributed by atoms with Crippen LogP contribution in [0.1, 0.15) is 66.7 Å². The van der Waals surface area contributed by atoms with E-state index >= 15 is 0 Å². The molecule has 1 aromatic heterocycles. The van der Waals surface area contributed by atoms with Crippen molar-refractivity contribution in [3.8, 4) is 5.75 Å². The zero-order chi connectivity index (χ0) is 24.3. The summed E-state index contributed by atoms with van der Waals surface area (Å²) in [7, 11) is 0. The number of ether oxygens (including phenoxy) is 1. The Morgan fingerprint density at radius 3 is 2.56 bits per heavy atom. The van der Waals surface area contributed by atoms with Gasteiger partial charge in [0.25, 0.3) is 5.91 Å². The van der Waals surface area contributed by atoms with Crippen LogP contribution in [0.5, 0.6) is 5.75 Å². The number of hydrogen-bond donors (Lipinski definition) is 1. The molecule has 3 aromatic rings. The van der Waals surface area contributed by atoms with Crippen LogP contribution >= 0.6 is 0 Å². The molecule has 0 bridgehead atoms. The molecule has 0 fully saturated rings. The third-order valence-electron chi connectivity index (χ3n) is 5.97. The highest BCUT2D eigenvalue weighted by Crippen LogP contribution is 2.39. The molecule has 0 saturated heterocycles. The van der Waals surface area contributed by atoms with Gasteiger partial charge in [-0.25, -0.2) is 0 Å². The van der Waals surface area contributed by atoms with Gasteiger partial charge in [0.05, 0.1) is 6.04 Å². The third kappa shape index (κ3) is 5.01. The van der Waals surface area contributed by atoms with E-state index in [-0.39, 0.29) is 30.2 Å². The van der Waals surface area contributed by atoms with Crippen LogP contribution in [0.15, 0.2) is 65.1 Å². The van der Waals surface area contributed by atoms with Crippen LogP contribution in [0.2, 0.25) is 0 Å². The number of nitrogens with zero attached hydrogens (tertiary/aromatic N) is 1. The number of fused-ring (bicyclic) bond motifs is 1. The maximum atomic E-state index is 13.4. The van der Waals surface area contributed by atoms with Crippen molar-refractivity contribution in [1.82, 2.24) is 10.2 Å². The smallest absolute Gasteiger partial charge is 0.286 e. The lowest BCUT2D eigenvalue weighted by Crippen LogP contribution is -2.45. The third-order valence-corrected chi connectivity index (χ3v) is 5.97. The molecular formula is C28H32N2O4. The second-order valence-corrected chi connectivity index (χ2v) is 9.59. The van der Waals surface area contributed by atoms with Crippen molar-refractivity contribution in [3.63, 3.8) is 0 Å². The summed E-state index contributed by atoms with van der Waals surface area (Å²) in [5.41, 5.74) is 2.90. The predicted octanol–water partition coefficient (Wildman–Crippen LogP) is 5.13. The number of rotatable bonds is 6. The Morgan fingerprint density at radius 1 is 1.09 bits per heavy atom. The van der Waals surface area contributed by atoms with Crippen molar-refractivity contribution >= 4 is 11.8 Å². The van der Waals surface area contributed by atoms with Crippen LogP contribution in [0.3, 0.4) is 0 Å². The van der Waals surface area contributed by atoms with E-state index in [4.69, 9.17) is 9.15 Å². The molecule has 0 aliphatic carbocycles. The van der Waals surface area contributed by atoms with E-state index in [1.807, 2.05) is 62.9 Å². The molecule has 0 unspecified atom stereocenters. The number of hydrogen-bond acceptors (Lipinski definition) is 4. The number of furan rings is 1. The molecule has 0 radical (unpaired) electrons. The fraction of sp³-hybridized carbons (Fsp3) is 0.357. The Bertz CT molecular complexity index is 1160. The first-order chi connectivity index (χ1) is 16.3. The molecular weight excluding hydrogens is 428 g/mol. The Hall–Kier alpha value is -3.54. The number of nitrogens with one attached hydrogen (secondary N) is 1. The number of carbonyl (C=O) groups excluding carboxylic acids is 2. The Labute approximate surface area is 200 Å². The van der Waals surface area contributed by atoms with E-state index < -0.39 is 5.41 Å². The average molecular weight is 461 g/mol. The zero-order valence-corrected chi connectivity index (χ0v) is 20.3. The molecule has 4 rings (SSSR count). The van der Waals surface area contributed by atoms with Crippen LogP contribution in [-0.4, -0.2) is 29.8 Å². The summed E-state index contributed by atoms with van der Waals surface area (Å²) in [5, 5.41) is 2.72. The second-order valence-electron chi connectivity index (χ2n) is 9.59. The van der Waals surface area contributed by atoms with Crippen molar-refractivity contribution in [2.24, 2.45) is 5.41 Å². The molecule has 178 valence electrons. The van der Waals surface area contributed by atoms with Crippen molar-refractivity contribution in [3.05, 3.63) is 88.9 Å². The van der Waals surface area contributed by atoms with Gasteiger partial charge >= 0.3 is 0 Å². The first-order valence-electron chi connectivity index (χ1n) is 11.8. The summed E-state index contributed by atoms with van der Waals surface area (Å²) in [6.45, 7) is 9.18. The molecule has 1 aliphatic heterocycles. The zero-order valence-electron chi connectivity index (χ0n) is 20.3. The maximum Gasteiger partial charge on any atom is 0.286 e. The van der Waals surface area contributed by atoms with Crippen LogP contribution in [0, 0.1) is 5.41 Å². The van der Waals surface area contributed by atoms with Crippen molar-refractivity contribution in [2.45, 2.75) is 46.8 Å². The molecule has 0 saturated carbocycles. The highest BCUT2D eigenvalue weighted by molar-refractivity contribution is 5.91. The van der Waals surface area contributed by atoms with Gasteiger partial charge in [0, 0.05) is 18.5 Å². The van der Waals surface area contributed by atoms with Gasteiger partial charge in [-0.05, 0) is 54.3 Å². The van der Waals surface area contributed by atoms with E-state index in [0.717, 1.165) is 17.5 Å². The molecule has 1 N–H and O–H groups in total. The second kappa shape index (κ2) is 9.75. The van der Waals surface area contributed by atoms with E-state index in [9.17, 15) is 9.59 Å². The van der Waals surface area contributed by atoms with E-state index in [1.165, 1.54) is 5.56 Å². The van der Waals surface area contributed by atoms with Gasteiger partial charge < -0.3 is 19.4 Å². The van der Waals surface area contributed by atoms with Gasteiger partial charge in [-0.2, -0.15) is 0 Å². The van der Waals surface area contributed by atoms with E-state index in [1.54, 1.807) is 12.1 Å². The molecule has 2 amide bonds. The van der Waals surface area contributed by atoms with Crippen LogP contribution < -0.4 is 10.1 Å². The van der Waals surface area contributed by atoms with Crippen molar-refractivity contribution in [2.75, 3.05) is 13.1 Å². The SMILES string of the molecule is CCNC(=O)c1ccc(COc2ccc3c(c2)[C@H](c2ccccc2)N(C(=O)C(C)(C)C)CC3)o1. The molecule has 6 nitrogen and oxygen atoms in total. The summed E-state index contributed by atoms with van der Waals surface area (Å²) >= 11 is 0. The van der Waals surface area contributed by atoms with Gasteiger partial charge in [-0.3, -0.25) is 9.59 Å².